The van der Waals surface area contributed by atoms with Crippen LogP contribution in [0.25, 0.3) is 5.69 Å². The number of tetrazole rings is 1. The molecule has 0 atom stereocenters. The number of para-hydroxylation sites is 1. The molecule has 0 saturated carbocycles. The second-order valence-electron chi connectivity index (χ2n) is 5.03. The molecule has 0 N–H and O–H groups in total. The van der Waals surface area contributed by atoms with Crippen molar-refractivity contribution in [1.82, 2.24) is 19.8 Å². The Morgan fingerprint density at radius 2 is 1.77 bits per heavy atom. The minimum Gasteiger partial charge on any atom is -0.489 e. The van der Waals surface area contributed by atoms with Crippen LogP contribution in [0.2, 0.25) is 0 Å². The SMILES string of the molecule is Cc1ccc(OCc2ccccc2-n2nnn(C)c2=O)cc1. The molecule has 0 aliphatic rings. The first kappa shape index (κ1) is 14.1. The first-order valence-corrected chi connectivity index (χ1v) is 6.92. The molecule has 0 aliphatic carbocycles. The van der Waals surface area contributed by atoms with Crippen molar-refractivity contribution in [2.75, 3.05) is 0 Å². The molecule has 0 fully saturated rings. The third kappa shape index (κ3) is 2.76. The Morgan fingerprint density at radius 1 is 1.05 bits per heavy atom. The van der Waals surface area contributed by atoms with Gasteiger partial charge in [0.05, 0.1) is 5.69 Å². The number of aryl methyl sites for hydroxylation is 2. The molecular formula is C16H16N4O2. The van der Waals surface area contributed by atoms with Crippen molar-refractivity contribution in [3.05, 3.63) is 70.1 Å². The molecule has 0 bridgehead atoms. The van der Waals surface area contributed by atoms with Crippen molar-refractivity contribution < 1.29 is 4.74 Å². The largest absolute Gasteiger partial charge is 0.489 e. The van der Waals surface area contributed by atoms with Crippen molar-refractivity contribution in [3.8, 4) is 11.4 Å². The number of hydrogen-bond acceptors (Lipinski definition) is 4. The fraction of sp³-hybridized carbons (Fsp3) is 0.188. The van der Waals surface area contributed by atoms with E-state index in [-0.39, 0.29) is 5.69 Å². The second-order valence-corrected chi connectivity index (χ2v) is 5.03. The summed E-state index contributed by atoms with van der Waals surface area (Å²) in [7, 11) is 1.57. The average molecular weight is 296 g/mol. The Labute approximate surface area is 127 Å². The number of aromatic nitrogens is 4. The molecule has 112 valence electrons. The molecule has 0 saturated heterocycles. The van der Waals surface area contributed by atoms with Crippen LogP contribution in [0, 0.1) is 6.92 Å². The maximum Gasteiger partial charge on any atom is 0.368 e. The summed E-state index contributed by atoms with van der Waals surface area (Å²) in [6, 6.07) is 15.3. The van der Waals surface area contributed by atoms with Gasteiger partial charge in [-0.25, -0.2) is 4.79 Å². The highest BCUT2D eigenvalue weighted by Gasteiger charge is 2.10. The molecule has 0 unspecified atom stereocenters. The Morgan fingerprint density at radius 3 is 2.45 bits per heavy atom. The highest BCUT2D eigenvalue weighted by Crippen LogP contribution is 2.17. The van der Waals surface area contributed by atoms with E-state index in [0.717, 1.165) is 11.3 Å². The van der Waals surface area contributed by atoms with Crippen LogP contribution in [0.1, 0.15) is 11.1 Å². The quantitative estimate of drug-likeness (QED) is 0.737. The Bertz CT molecular complexity index is 834. The van der Waals surface area contributed by atoms with Crippen molar-refractivity contribution in [2.24, 2.45) is 7.05 Å². The van der Waals surface area contributed by atoms with E-state index in [1.165, 1.54) is 14.9 Å². The minimum absolute atomic E-state index is 0.289. The van der Waals surface area contributed by atoms with Crippen LogP contribution in [-0.4, -0.2) is 19.8 Å². The van der Waals surface area contributed by atoms with Gasteiger partial charge >= 0.3 is 5.69 Å². The molecule has 1 heterocycles. The van der Waals surface area contributed by atoms with Gasteiger partial charge in [-0.15, -0.1) is 0 Å². The van der Waals surface area contributed by atoms with Gasteiger partial charge < -0.3 is 4.74 Å². The van der Waals surface area contributed by atoms with Crippen LogP contribution in [0.3, 0.4) is 0 Å². The highest BCUT2D eigenvalue weighted by atomic mass is 16.5. The van der Waals surface area contributed by atoms with Gasteiger partial charge in [0.2, 0.25) is 0 Å². The molecule has 0 spiro atoms. The van der Waals surface area contributed by atoms with Crippen molar-refractivity contribution in [1.29, 1.82) is 0 Å². The van der Waals surface area contributed by atoms with Gasteiger partial charge in [0.25, 0.3) is 0 Å². The molecule has 3 aromatic rings. The fourth-order valence-corrected chi connectivity index (χ4v) is 2.10. The number of rotatable bonds is 4. The van der Waals surface area contributed by atoms with E-state index in [2.05, 4.69) is 10.4 Å². The minimum atomic E-state index is -0.289. The summed E-state index contributed by atoms with van der Waals surface area (Å²) in [5, 5.41) is 7.61. The summed E-state index contributed by atoms with van der Waals surface area (Å²) in [5.41, 5.74) is 2.43. The highest BCUT2D eigenvalue weighted by molar-refractivity contribution is 5.39. The van der Waals surface area contributed by atoms with Gasteiger partial charge in [-0.05, 0) is 35.5 Å². The molecule has 3 rings (SSSR count). The molecule has 0 aliphatic heterocycles. The van der Waals surface area contributed by atoms with Crippen molar-refractivity contribution in [3.63, 3.8) is 0 Å². The number of ether oxygens (including phenoxy) is 1. The standard InChI is InChI=1S/C16H16N4O2/c1-12-7-9-14(10-8-12)22-11-13-5-3-4-6-15(13)20-16(21)19(2)17-18-20/h3-10H,11H2,1-2H3. The Balaban J connectivity index is 1.87. The lowest BCUT2D eigenvalue weighted by molar-refractivity contribution is 0.305. The van der Waals surface area contributed by atoms with Gasteiger partial charge in [-0.3, -0.25) is 0 Å². The maximum absolute atomic E-state index is 12.0. The van der Waals surface area contributed by atoms with Crippen molar-refractivity contribution >= 4 is 0 Å². The number of nitrogens with zero attached hydrogens (tertiary/aromatic N) is 4. The molecule has 2 aromatic carbocycles. The smallest absolute Gasteiger partial charge is 0.368 e. The van der Waals surface area contributed by atoms with E-state index in [0.29, 0.717) is 12.3 Å². The van der Waals surface area contributed by atoms with Crippen LogP contribution >= 0.6 is 0 Å². The molecule has 6 heteroatoms. The molecule has 0 amide bonds. The summed E-state index contributed by atoms with van der Waals surface area (Å²) in [6.07, 6.45) is 0. The molecule has 0 radical (unpaired) electrons. The lowest BCUT2D eigenvalue weighted by Crippen LogP contribution is -2.23. The average Bonchev–Trinajstić information content (AvgIpc) is 2.87. The third-order valence-electron chi connectivity index (χ3n) is 3.36. The van der Waals surface area contributed by atoms with E-state index in [1.807, 2.05) is 55.5 Å². The van der Waals surface area contributed by atoms with Crippen LogP contribution < -0.4 is 10.4 Å². The summed E-state index contributed by atoms with van der Waals surface area (Å²) in [6.45, 7) is 2.38. The van der Waals surface area contributed by atoms with E-state index in [1.54, 1.807) is 7.05 Å². The summed E-state index contributed by atoms with van der Waals surface area (Å²) in [5.74, 6) is 0.784. The normalized spacial score (nSPS) is 10.6. The van der Waals surface area contributed by atoms with E-state index >= 15 is 0 Å². The third-order valence-corrected chi connectivity index (χ3v) is 3.36. The van der Waals surface area contributed by atoms with E-state index in [4.69, 9.17) is 4.74 Å². The number of hydrogen-bond donors (Lipinski definition) is 0. The molecule has 1 aromatic heterocycles. The van der Waals surface area contributed by atoms with Gasteiger partial charge in [-0.1, -0.05) is 35.9 Å². The summed E-state index contributed by atoms with van der Waals surface area (Å²) >= 11 is 0. The Hall–Kier alpha value is -2.89. The zero-order chi connectivity index (χ0) is 15.5. The van der Waals surface area contributed by atoms with Crippen LogP contribution in [0.15, 0.2) is 53.3 Å². The molecule has 22 heavy (non-hydrogen) atoms. The van der Waals surface area contributed by atoms with E-state index in [9.17, 15) is 4.79 Å². The van der Waals surface area contributed by atoms with Crippen LogP contribution in [0.4, 0.5) is 0 Å². The van der Waals surface area contributed by atoms with Gasteiger partial charge in [0, 0.05) is 12.6 Å². The predicted molar refractivity (Wildman–Crippen MR) is 82.1 cm³/mol. The van der Waals surface area contributed by atoms with Crippen LogP contribution in [-0.2, 0) is 13.7 Å². The fourth-order valence-electron chi connectivity index (χ4n) is 2.10. The number of benzene rings is 2. The summed E-state index contributed by atoms with van der Waals surface area (Å²) < 4.78 is 8.25. The van der Waals surface area contributed by atoms with Crippen LogP contribution in [0.5, 0.6) is 5.75 Å². The summed E-state index contributed by atoms with van der Waals surface area (Å²) in [4.78, 5) is 12.0. The van der Waals surface area contributed by atoms with E-state index < -0.39 is 0 Å². The zero-order valence-corrected chi connectivity index (χ0v) is 12.4. The first-order chi connectivity index (χ1) is 10.6. The molecule has 6 nitrogen and oxygen atoms in total. The lowest BCUT2D eigenvalue weighted by Gasteiger charge is -2.10. The van der Waals surface area contributed by atoms with Gasteiger partial charge in [0.1, 0.15) is 12.4 Å². The first-order valence-electron chi connectivity index (χ1n) is 6.92. The second kappa shape index (κ2) is 5.85. The van der Waals surface area contributed by atoms with Crippen molar-refractivity contribution in [2.45, 2.75) is 13.5 Å². The predicted octanol–water partition coefficient (Wildman–Crippen LogP) is 1.85. The Kier molecular flexibility index (Phi) is 3.74. The monoisotopic (exact) mass is 296 g/mol. The topological polar surface area (TPSA) is 61.9 Å². The van der Waals surface area contributed by atoms with Gasteiger partial charge in [-0.2, -0.15) is 9.36 Å². The maximum atomic E-state index is 12.0. The van der Waals surface area contributed by atoms with Gasteiger partial charge in [0.15, 0.2) is 0 Å². The zero-order valence-electron chi connectivity index (χ0n) is 12.4. The molecular weight excluding hydrogens is 280 g/mol. The lowest BCUT2D eigenvalue weighted by atomic mass is 10.2.